The molecule has 33 heavy (non-hydrogen) atoms. The van der Waals surface area contributed by atoms with Crippen molar-refractivity contribution in [2.45, 2.75) is 135 Å². The SMILES string of the molecule is CCCCCCCCCCCCC(O)CCCCC(O)CC(=O)OCC(CO)OOC(C)=O. The summed E-state index contributed by atoms with van der Waals surface area (Å²) in [7, 11) is 0. The molecular formula is C25H48O8. The second-order valence-corrected chi connectivity index (χ2v) is 8.93. The molecule has 0 aliphatic carbocycles. The predicted octanol–water partition coefficient (Wildman–Crippen LogP) is 4.37. The van der Waals surface area contributed by atoms with E-state index in [4.69, 9.17) is 9.84 Å². The van der Waals surface area contributed by atoms with E-state index in [2.05, 4.69) is 16.7 Å². The van der Waals surface area contributed by atoms with Crippen molar-refractivity contribution in [2.24, 2.45) is 0 Å². The number of hydrogen-bond acceptors (Lipinski definition) is 8. The molecule has 0 rings (SSSR count). The highest BCUT2D eigenvalue weighted by Gasteiger charge is 2.17. The van der Waals surface area contributed by atoms with Crippen LogP contribution in [-0.4, -0.2) is 58.8 Å². The molecule has 0 aromatic carbocycles. The van der Waals surface area contributed by atoms with E-state index < -0.39 is 30.8 Å². The van der Waals surface area contributed by atoms with Crippen LogP contribution in [0.15, 0.2) is 0 Å². The summed E-state index contributed by atoms with van der Waals surface area (Å²) in [6, 6.07) is 0. The standard InChI is InChI=1S/C25H48O8/c1-3-4-5-6-7-8-9-10-11-12-15-22(28)16-13-14-17-23(29)18-25(30)31-20-24(19-26)33-32-21(2)27/h22-24,26,28-29H,3-20H2,1-2H3. The van der Waals surface area contributed by atoms with Crippen molar-refractivity contribution in [1.29, 1.82) is 0 Å². The normalized spacial score (nSPS) is 14.0. The van der Waals surface area contributed by atoms with Gasteiger partial charge in [-0.25, -0.2) is 4.79 Å². The molecule has 3 N–H and O–H groups in total. The summed E-state index contributed by atoms with van der Waals surface area (Å²) < 4.78 is 4.93. The lowest BCUT2D eigenvalue weighted by Crippen LogP contribution is -2.27. The average Bonchev–Trinajstić information content (AvgIpc) is 2.78. The van der Waals surface area contributed by atoms with Gasteiger partial charge in [-0.2, -0.15) is 4.89 Å². The van der Waals surface area contributed by atoms with Crippen molar-refractivity contribution in [3.8, 4) is 0 Å². The highest BCUT2D eigenvalue weighted by atomic mass is 17.2. The van der Waals surface area contributed by atoms with Gasteiger partial charge in [-0.05, 0) is 19.3 Å². The highest BCUT2D eigenvalue weighted by molar-refractivity contribution is 5.69. The molecule has 3 atom stereocenters. The minimum Gasteiger partial charge on any atom is -0.463 e. The summed E-state index contributed by atoms with van der Waals surface area (Å²) in [5.41, 5.74) is 0. The molecule has 0 saturated heterocycles. The Balaban J connectivity index is 3.60. The topological polar surface area (TPSA) is 123 Å². The molecule has 0 aliphatic rings. The van der Waals surface area contributed by atoms with Gasteiger partial charge in [0.15, 0.2) is 6.10 Å². The van der Waals surface area contributed by atoms with Crippen molar-refractivity contribution in [3.05, 3.63) is 0 Å². The lowest BCUT2D eigenvalue weighted by Gasteiger charge is -2.15. The van der Waals surface area contributed by atoms with Crippen molar-refractivity contribution in [2.75, 3.05) is 13.2 Å². The molecule has 0 saturated carbocycles. The first-order valence-corrected chi connectivity index (χ1v) is 12.9. The van der Waals surface area contributed by atoms with Crippen molar-refractivity contribution in [3.63, 3.8) is 0 Å². The third-order valence-electron chi connectivity index (χ3n) is 5.55. The van der Waals surface area contributed by atoms with Gasteiger partial charge in [0, 0.05) is 6.92 Å². The molecular weight excluding hydrogens is 428 g/mol. The number of hydrogen-bond donors (Lipinski definition) is 3. The van der Waals surface area contributed by atoms with Crippen LogP contribution in [0.2, 0.25) is 0 Å². The summed E-state index contributed by atoms with van der Waals surface area (Å²) >= 11 is 0. The van der Waals surface area contributed by atoms with E-state index in [1.807, 2.05) is 0 Å². The summed E-state index contributed by atoms with van der Waals surface area (Å²) in [4.78, 5) is 31.3. The van der Waals surface area contributed by atoms with Crippen LogP contribution in [0.3, 0.4) is 0 Å². The Labute approximate surface area is 199 Å². The zero-order valence-corrected chi connectivity index (χ0v) is 20.8. The maximum absolute atomic E-state index is 11.8. The summed E-state index contributed by atoms with van der Waals surface area (Å²) in [6.07, 6.45) is 14.1. The number of carbonyl (C=O) groups is 2. The van der Waals surface area contributed by atoms with E-state index in [-0.39, 0.29) is 19.1 Å². The Morgan fingerprint density at radius 1 is 0.758 bits per heavy atom. The van der Waals surface area contributed by atoms with E-state index in [1.165, 1.54) is 57.8 Å². The van der Waals surface area contributed by atoms with Crippen LogP contribution < -0.4 is 0 Å². The first-order valence-electron chi connectivity index (χ1n) is 12.9. The monoisotopic (exact) mass is 476 g/mol. The first-order chi connectivity index (χ1) is 15.9. The van der Waals surface area contributed by atoms with E-state index >= 15 is 0 Å². The second kappa shape index (κ2) is 22.6. The Hall–Kier alpha value is -1.22. The van der Waals surface area contributed by atoms with E-state index in [9.17, 15) is 19.8 Å². The predicted molar refractivity (Wildman–Crippen MR) is 126 cm³/mol. The van der Waals surface area contributed by atoms with Crippen molar-refractivity contribution in [1.82, 2.24) is 0 Å². The summed E-state index contributed by atoms with van der Waals surface area (Å²) in [6.45, 7) is 2.63. The second-order valence-electron chi connectivity index (χ2n) is 8.93. The van der Waals surface area contributed by atoms with Gasteiger partial charge in [-0.1, -0.05) is 84.0 Å². The van der Waals surface area contributed by atoms with Crippen LogP contribution >= 0.6 is 0 Å². The van der Waals surface area contributed by atoms with Crippen LogP contribution in [0.1, 0.15) is 117 Å². The molecule has 0 radical (unpaired) electrons. The molecule has 8 nitrogen and oxygen atoms in total. The summed E-state index contributed by atoms with van der Waals surface area (Å²) in [5, 5.41) is 29.2. The molecule has 0 heterocycles. The fourth-order valence-corrected chi connectivity index (χ4v) is 3.56. The van der Waals surface area contributed by atoms with Gasteiger partial charge in [0.25, 0.3) is 0 Å². The smallest absolute Gasteiger partial charge is 0.339 e. The molecule has 0 aromatic rings. The summed E-state index contributed by atoms with van der Waals surface area (Å²) in [5.74, 6) is -1.29. The van der Waals surface area contributed by atoms with Gasteiger partial charge in [0.1, 0.15) is 6.61 Å². The first kappa shape index (κ1) is 31.8. The van der Waals surface area contributed by atoms with Gasteiger partial charge in [-0.3, -0.25) is 9.68 Å². The quantitative estimate of drug-likeness (QED) is 0.0860. The number of aliphatic hydroxyl groups excluding tert-OH is 3. The Kier molecular flexibility index (Phi) is 21.7. The number of carbonyl (C=O) groups excluding carboxylic acids is 2. The zero-order chi connectivity index (χ0) is 24.7. The fourth-order valence-electron chi connectivity index (χ4n) is 3.56. The van der Waals surface area contributed by atoms with Gasteiger partial charge >= 0.3 is 11.9 Å². The largest absolute Gasteiger partial charge is 0.463 e. The van der Waals surface area contributed by atoms with Crippen molar-refractivity contribution >= 4 is 11.9 Å². The Morgan fingerprint density at radius 2 is 1.24 bits per heavy atom. The molecule has 0 amide bonds. The van der Waals surface area contributed by atoms with E-state index in [1.54, 1.807) is 0 Å². The van der Waals surface area contributed by atoms with Crippen LogP contribution in [0, 0.1) is 0 Å². The molecule has 196 valence electrons. The van der Waals surface area contributed by atoms with Crippen molar-refractivity contribution < 1.29 is 39.4 Å². The number of rotatable bonds is 23. The Morgan fingerprint density at radius 3 is 1.76 bits per heavy atom. The molecule has 0 aromatic heterocycles. The van der Waals surface area contributed by atoms with Crippen LogP contribution in [0.4, 0.5) is 0 Å². The lowest BCUT2D eigenvalue weighted by atomic mass is 10.0. The molecule has 8 heteroatoms. The van der Waals surface area contributed by atoms with Gasteiger partial charge in [0.05, 0.1) is 25.2 Å². The number of esters is 1. The highest BCUT2D eigenvalue weighted by Crippen LogP contribution is 2.15. The van der Waals surface area contributed by atoms with Gasteiger partial charge < -0.3 is 20.1 Å². The zero-order valence-electron chi connectivity index (χ0n) is 20.8. The third kappa shape index (κ3) is 22.3. The maximum Gasteiger partial charge on any atom is 0.339 e. The molecule has 0 fully saturated rings. The minimum atomic E-state index is -0.966. The lowest BCUT2D eigenvalue weighted by molar-refractivity contribution is -0.305. The van der Waals surface area contributed by atoms with E-state index in [0.717, 1.165) is 32.6 Å². The number of unbranched alkanes of at least 4 members (excludes halogenated alkanes) is 10. The van der Waals surface area contributed by atoms with Crippen LogP contribution in [0.25, 0.3) is 0 Å². The van der Waals surface area contributed by atoms with Gasteiger partial charge in [0.2, 0.25) is 0 Å². The number of ether oxygens (including phenoxy) is 1. The Bertz CT molecular complexity index is 471. The van der Waals surface area contributed by atoms with Gasteiger partial charge in [-0.15, -0.1) is 0 Å². The molecule has 3 unspecified atom stereocenters. The van der Waals surface area contributed by atoms with Crippen LogP contribution in [0.5, 0.6) is 0 Å². The molecule has 0 aliphatic heterocycles. The van der Waals surface area contributed by atoms with E-state index in [0.29, 0.717) is 12.8 Å². The third-order valence-corrected chi connectivity index (χ3v) is 5.55. The molecule has 0 bridgehead atoms. The van der Waals surface area contributed by atoms with Crippen LogP contribution in [-0.2, 0) is 24.1 Å². The minimum absolute atomic E-state index is 0.160. The average molecular weight is 477 g/mol. The molecule has 0 spiro atoms. The fraction of sp³-hybridized carbons (Fsp3) is 0.920. The number of aliphatic hydroxyl groups is 3. The maximum atomic E-state index is 11.8.